The molecular formula is C45H50F5N5O5. The third kappa shape index (κ3) is 7.33. The maximum Gasteiger partial charge on any atom is 0.410 e. The number of alkyl halides is 2. The molecule has 320 valence electrons. The van der Waals surface area contributed by atoms with E-state index in [1.807, 2.05) is 42.5 Å². The van der Waals surface area contributed by atoms with Crippen LogP contribution in [0.25, 0.3) is 32.8 Å². The molecule has 8 rings (SSSR count). The summed E-state index contributed by atoms with van der Waals surface area (Å²) in [4.78, 5) is 28.9. The molecule has 3 saturated heterocycles. The van der Waals surface area contributed by atoms with Gasteiger partial charge in [-0.2, -0.15) is 9.97 Å². The average Bonchev–Trinajstić information content (AvgIpc) is 3.51. The Balaban J connectivity index is 1.34. The molecule has 0 saturated carbocycles. The second-order valence-electron chi connectivity index (χ2n) is 17.9. The Morgan fingerprint density at radius 3 is 2.53 bits per heavy atom. The topological polar surface area (TPSA) is 89.5 Å². The molecule has 1 amide bonds. The van der Waals surface area contributed by atoms with Gasteiger partial charge in [0.25, 0.3) is 0 Å². The minimum atomic E-state index is -2.60. The molecule has 0 spiro atoms. The highest BCUT2D eigenvalue weighted by Gasteiger charge is 2.51. The number of piperidine rings is 1. The van der Waals surface area contributed by atoms with Gasteiger partial charge in [-0.05, 0) is 96.5 Å². The Bertz CT molecular complexity index is 2390. The second-order valence-corrected chi connectivity index (χ2v) is 17.9. The van der Waals surface area contributed by atoms with E-state index >= 15 is 13.2 Å². The molecule has 60 heavy (non-hydrogen) atoms. The minimum absolute atomic E-state index is 0.0525. The fourth-order valence-corrected chi connectivity index (χ4v) is 10.1. The van der Waals surface area contributed by atoms with Crippen LogP contribution in [-0.2, 0) is 15.9 Å². The van der Waals surface area contributed by atoms with Crippen molar-refractivity contribution >= 4 is 33.6 Å². The number of carbonyl (C=O) groups is 1. The standard InChI is InChI=1S/C45H50F5N5O5/c1-8-27-31(46)14-12-24-18-26(59-23-57-7)19-29(34(24)27)35-37(47)28-10-9-11-32-33-15-13-25(55(33)43(56)60-44(2,3)4)20-54(32)41-36(28)39(38(35)48)51-42(52-41)58-22-45(5)21-53(6)17-16-30(45)40(49)50/h1,12,14,18-19,25,30,32-33,40H,9-11,13,15-17,20-23H2,2-7H3/t25-,30-,32-,33+,45+/m1/s1. The normalized spacial score (nSPS) is 24.3. The maximum atomic E-state index is 17.8. The molecular weight excluding hydrogens is 786 g/mol. The van der Waals surface area contributed by atoms with Gasteiger partial charge in [-0.25, -0.2) is 26.7 Å². The Labute approximate surface area is 346 Å². The summed E-state index contributed by atoms with van der Waals surface area (Å²) in [7, 11) is 3.29. The predicted molar refractivity (Wildman–Crippen MR) is 217 cm³/mol. The number of hydrogen-bond donors (Lipinski definition) is 0. The van der Waals surface area contributed by atoms with Crippen molar-refractivity contribution in [1.29, 1.82) is 0 Å². The molecule has 0 radical (unpaired) electrons. The number of carbonyl (C=O) groups excluding carboxylic acids is 1. The quantitative estimate of drug-likeness (QED) is 0.0983. The number of halogens is 5. The van der Waals surface area contributed by atoms with Crippen LogP contribution in [-0.4, -0.2) is 103 Å². The van der Waals surface area contributed by atoms with Gasteiger partial charge in [-0.3, -0.25) is 4.90 Å². The Hall–Kier alpha value is -4.94. The van der Waals surface area contributed by atoms with E-state index in [0.717, 1.165) is 0 Å². The van der Waals surface area contributed by atoms with Crippen molar-refractivity contribution in [3.05, 3.63) is 52.8 Å². The molecule has 2 bridgehead atoms. The fraction of sp³-hybridized carbons (Fsp3) is 0.533. The monoisotopic (exact) mass is 835 g/mol. The molecule has 5 atom stereocenters. The van der Waals surface area contributed by atoms with Crippen molar-refractivity contribution < 1.29 is 45.7 Å². The number of fused-ring (bicyclic) bond motifs is 6. The highest BCUT2D eigenvalue weighted by atomic mass is 19.3. The van der Waals surface area contributed by atoms with E-state index in [-0.39, 0.29) is 94.9 Å². The van der Waals surface area contributed by atoms with Gasteiger partial charge in [0.05, 0.1) is 41.2 Å². The third-order valence-corrected chi connectivity index (χ3v) is 12.7. The SMILES string of the molecule is C#Cc1c(F)ccc2cc(OCOC)cc(-c3c(F)c4c5c(nc(OC[C@]6(C)CN(C)CC[C@@H]6C(F)F)nc5c3F)N3C[C@H]5CC[C@@H]([C@H]3CCC4)N5C(=O)OC(C)(C)C)c12. The predicted octanol–water partition coefficient (Wildman–Crippen LogP) is 8.73. The van der Waals surface area contributed by atoms with Crippen molar-refractivity contribution in [2.45, 2.75) is 96.4 Å². The average molecular weight is 836 g/mol. The smallest absolute Gasteiger partial charge is 0.410 e. The van der Waals surface area contributed by atoms with Gasteiger partial charge in [0, 0.05) is 48.0 Å². The summed E-state index contributed by atoms with van der Waals surface area (Å²) in [5, 5.41) is 0.623. The molecule has 0 aliphatic carbocycles. The van der Waals surface area contributed by atoms with E-state index in [1.165, 1.54) is 25.3 Å². The van der Waals surface area contributed by atoms with Gasteiger partial charge in [0.2, 0.25) is 6.43 Å². The number of aryl methyl sites for hydroxylation is 1. The lowest BCUT2D eigenvalue weighted by Gasteiger charge is -2.48. The van der Waals surface area contributed by atoms with Crippen LogP contribution in [0.15, 0.2) is 24.3 Å². The highest BCUT2D eigenvalue weighted by Crippen LogP contribution is 2.48. The van der Waals surface area contributed by atoms with E-state index in [2.05, 4.69) is 10.9 Å². The summed E-state index contributed by atoms with van der Waals surface area (Å²) < 4.78 is 103. The zero-order valence-corrected chi connectivity index (χ0v) is 34.7. The summed E-state index contributed by atoms with van der Waals surface area (Å²) >= 11 is 0. The van der Waals surface area contributed by atoms with Gasteiger partial charge < -0.3 is 28.7 Å². The summed E-state index contributed by atoms with van der Waals surface area (Å²) in [6.07, 6.45) is 5.59. The third-order valence-electron chi connectivity index (χ3n) is 12.7. The van der Waals surface area contributed by atoms with E-state index in [1.54, 1.807) is 13.0 Å². The second kappa shape index (κ2) is 15.8. The number of nitrogens with zero attached hydrogens (tertiary/aromatic N) is 5. The number of rotatable bonds is 8. The van der Waals surface area contributed by atoms with Gasteiger partial charge >= 0.3 is 12.1 Å². The molecule has 15 heteroatoms. The number of hydrogen-bond acceptors (Lipinski definition) is 9. The first kappa shape index (κ1) is 41.8. The van der Waals surface area contributed by atoms with Gasteiger partial charge in [-0.15, -0.1) is 6.42 Å². The van der Waals surface area contributed by atoms with Crippen molar-refractivity contribution in [2.75, 3.05) is 52.1 Å². The number of ether oxygens (including phenoxy) is 4. The number of methoxy groups -OCH3 is 1. The first-order chi connectivity index (χ1) is 28.5. The van der Waals surface area contributed by atoms with Crippen LogP contribution in [0, 0.1) is 41.1 Å². The Kier molecular flexibility index (Phi) is 11.0. The van der Waals surface area contributed by atoms with Crippen molar-refractivity contribution in [2.24, 2.45) is 11.3 Å². The lowest BCUT2D eigenvalue weighted by Crippen LogP contribution is -2.62. The van der Waals surface area contributed by atoms with E-state index in [9.17, 15) is 13.6 Å². The zero-order valence-electron chi connectivity index (χ0n) is 34.7. The first-order valence-corrected chi connectivity index (χ1v) is 20.5. The molecule has 3 fully saturated rings. The lowest BCUT2D eigenvalue weighted by molar-refractivity contribution is -0.0679. The number of likely N-dealkylation sites (tertiary alicyclic amines) is 1. The summed E-state index contributed by atoms with van der Waals surface area (Å²) in [6.45, 7) is 7.92. The van der Waals surface area contributed by atoms with Crippen LogP contribution in [0.3, 0.4) is 0 Å². The van der Waals surface area contributed by atoms with Crippen molar-refractivity contribution in [3.63, 3.8) is 0 Å². The molecule has 10 nitrogen and oxygen atoms in total. The Morgan fingerprint density at radius 2 is 1.82 bits per heavy atom. The summed E-state index contributed by atoms with van der Waals surface area (Å²) in [5.41, 5.74) is -2.56. The number of piperazine rings is 1. The zero-order chi connectivity index (χ0) is 42.8. The summed E-state index contributed by atoms with van der Waals surface area (Å²) in [6, 6.07) is 4.51. The Morgan fingerprint density at radius 1 is 1.03 bits per heavy atom. The number of aromatic nitrogens is 2. The number of anilines is 1. The van der Waals surface area contributed by atoms with Crippen molar-refractivity contribution in [1.82, 2.24) is 19.8 Å². The molecule has 1 aromatic heterocycles. The lowest BCUT2D eigenvalue weighted by atomic mass is 9.73. The van der Waals surface area contributed by atoms with Crippen LogP contribution in [0.2, 0.25) is 0 Å². The first-order valence-electron chi connectivity index (χ1n) is 20.5. The molecule has 4 aromatic rings. The van der Waals surface area contributed by atoms with Crippen molar-refractivity contribution in [3.8, 4) is 35.2 Å². The number of amides is 1. The van der Waals surface area contributed by atoms with E-state index < -0.39 is 52.5 Å². The van der Waals surface area contributed by atoms with Gasteiger partial charge in [0.15, 0.2) is 12.6 Å². The molecule has 4 aliphatic heterocycles. The number of benzene rings is 3. The van der Waals surface area contributed by atoms with Crippen LogP contribution >= 0.6 is 0 Å². The molecule has 0 N–H and O–H groups in total. The molecule has 3 aromatic carbocycles. The maximum absolute atomic E-state index is 17.8. The molecule has 4 aliphatic rings. The van der Waals surface area contributed by atoms with Gasteiger partial charge in [0.1, 0.15) is 34.3 Å². The van der Waals surface area contributed by atoms with Crippen LogP contribution < -0.4 is 14.4 Å². The minimum Gasteiger partial charge on any atom is -0.468 e. The molecule has 0 unspecified atom stereocenters. The van der Waals surface area contributed by atoms with E-state index in [0.29, 0.717) is 50.7 Å². The largest absolute Gasteiger partial charge is 0.468 e. The highest BCUT2D eigenvalue weighted by molar-refractivity contribution is 6.05. The summed E-state index contributed by atoms with van der Waals surface area (Å²) in [5.74, 6) is -0.886. The van der Waals surface area contributed by atoms with Crippen LogP contribution in [0.5, 0.6) is 11.8 Å². The molecule has 5 heterocycles. The van der Waals surface area contributed by atoms with Crippen LogP contribution in [0.4, 0.5) is 32.6 Å². The number of terminal acetylenes is 1. The van der Waals surface area contributed by atoms with Crippen LogP contribution in [0.1, 0.15) is 70.9 Å². The fourth-order valence-electron chi connectivity index (χ4n) is 10.1. The van der Waals surface area contributed by atoms with E-state index in [4.69, 9.17) is 30.4 Å². The van der Waals surface area contributed by atoms with Gasteiger partial charge in [-0.1, -0.05) is 18.9 Å².